The predicted molar refractivity (Wildman–Crippen MR) is 84.8 cm³/mol. The van der Waals surface area contributed by atoms with E-state index >= 15 is 0 Å². The van der Waals surface area contributed by atoms with E-state index in [9.17, 15) is 4.79 Å². The van der Waals surface area contributed by atoms with Crippen LogP contribution < -0.4 is 10.1 Å². The SMILES string of the molecule is CCOc1ccc([C@@H]2C[C@H]2NC(=O)Cc2cccnc2)cc1. The maximum absolute atomic E-state index is 12.0. The van der Waals surface area contributed by atoms with Crippen molar-refractivity contribution >= 4 is 5.91 Å². The summed E-state index contributed by atoms with van der Waals surface area (Å²) in [6.07, 6.45) is 4.84. The second-order valence-corrected chi connectivity index (χ2v) is 5.56. The minimum Gasteiger partial charge on any atom is -0.494 e. The van der Waals surface area contributed by atoms with Crippen molar-refractivity contribution in [3.63, 3.8) is 0 Å². The quantitative estimate of drug-likeness (QED) is 0.891. The molecular weight excluding hydrogens is 276 g/mol. The van der Waals surface area contributed by atoms with Gasteiger partial charge in [-0.3, -0.25) is 9.78 Å². The first kappa shape index (κ1) is 14.6. The normalized spacial score (nSPS) is 19.5. The minimum absolute atomic E-state index is 0.0615. The number of ether oxygens (including phenoxy) is 1. The molecule has 4 nitrogen and oxygen atoms in total. The molecule has 1 aliphatic rings. The fraction of sp³-hybridized carbons (Fsp3) is 0.333. The Morgan fingerprint density at radius 3 is 2.82 bits per heavy atom. The summed E-state index contributed by atoms with van der Waals surface area (Å²) in [4.78, 5) is 16.0. The maximum Gasteiger partial charge on any atom is 0.224 e. The summed E-state index contributed by atoms with van der Waals surface area (Å²) in [5, 5.41) is 3.09. The van der Waals surface area contributed by atoms with Crippen molar-refractivity contribution in [2.24, 2.45) is 0 Å². The van der Waals surface area contributed by atoms with Crippen LogP contribution in [0.4, 0.5) is 0 Å². The Labute approximate surface area is 130 Å². The van der Waals surface area contributed by atoms with Gasteiger partial charge < -0.3 is 10.1 Å². The number of carbonyl (C=O) groups excluding carboxylic acids is 1. The zero-order chi connectivity index (χ0) is 15.4. The lowest BCUT2D eigenvalue weighted by Gasteiger charge is -2.06. The number of benzene rings is 1. The van der Waals surface area contributed by atoms with Gasteiger partial charge in [0.15, 0.2) is 0 Å². The molecule has 0 bridgehead atoms. The van der Waals surface area contributed by atoms with Gasteiger partial charge in [-0.25, -0.2) is 0 Å². The molecule has 1 amide bonds. The molecule has 3 rings (SSSR count). The van der Waals surface area contributed by atoms with Crippen LogP contribution in [-0.2, 0) is 11.2 Å². The average Bonchev–Trinajstić information content (AvgIpc) is 3.28. The van der Waals surface area contributed by atoms with Crippen molar-refractivity contribution in [2.45, 2.75) is 31.7 Å². The Morgan fingerprint density at radius 2 is 2.14 bits per heavy atom. The minimum atomic E-state index is 0.0615. The standard InChI is InChI=1S/C18H20N2O2/c1-2-22-15-7-5-14(6-8-15)16-11-17(16)20-18(21)10-13-4-3-9-19-12-13/h3-9,12,16-17H,2,10-11H2,1H3,(H,20,21)/t16-,17+/m0/s1. The molecule has 2 aromatic rings. The molecule has 0 aliphatic heterocycles. The number of pyridine rings is 1. The lowest BCUT2D eigenvalue weighted by Crippen LogP contribution is -2.28. The molecule has 1 fully saturated rings. The molecule has 0 saturated heterocycles. The van der Waals surface area contributed by atoms with Gasteiger partial charge in [0.1, 0.15) is 5.75 Å². The summed E-state index contributed by atoms with van der Waals surface area (Å²) >= 11 is 0. The first-order valence-electron chi connectivity index (χ1n) is 7.67. The molecule has 1 N–H and O–H groups in total. The second-order valence-electron chi connectivity index (χ2n) is 5.56. The van der Waals surface area contributed by atoms with E-state index in [4.69, 9.17) is 4.74 Å². The summed E-state index contributed by atoms with van der Waals surface area (Å²) in [5.74, 6) is 1.38. The number of rotatable bonds is 6. The first-order valence-corrected chi connectivity index (χ1v) is 7.67. The van der Waals surface area contributed by atoms with Crippen molar-refractivity contribution in [2.75, 3.05) is 6.61 Å². The Hall–Kier alpha value is -2.36. The van der Waals surface area contributed by atoms with Crippen molar-refractivity contribution in [3.8, 4) is 5.75 Å². The van der Waals surface area contributed by atoms with E-state index in [1.807, 2.05) is 31.2 Å². The van der Waals surface area contributed by atoms with Gasteiger partial charge in [-0.15, -0.1) is 0 Å². The molecule has 4 heteroatoms. The van der Waals surface area contributed by atoms with E-state index in [2.05, 4.69) is 22.4 Å². The number of nitrogens with zero attached hydrogens (tertiary/aromatic N) is 1. The number of nitrogens with one attached hydrogen (secondary N) is 1. The number of carbonyl (C=O) groups is 1. The van der Waals surface area contributed by atoms with Gasteiger partial charge in [0, 0.05) is 24.4 Å². The van der Waals surface area contributed by atoms with Crippen LogP contribution in [0, 0.1) is 0 Å². The van der Waals surface area contributed by atoms with Crippen molar-refractivity contribution in [1.82, 2.24) is 10.3 Å². The summed E-state index contributed by atoms with van der Waals surface area (Å²) in [7, 11) is 0. The molecule has 2 atom stereocenters. The highest BCUT2D eigenvalue weighted by molar-refractivity contribution is 5.79. The smallest absolute Gasteiger partial charge is 0.224 e. The fourth-order valence-corrected chi connectivity index (χ4v) is 2.65. The van der Waals surface area contributed by atoms with Gasteiger partial charge in [0.25, 0.3) is 0 Å². The van der Waals surface area contributed by atoms with E-state index in [1.165, 1.54) is 5.56 Å². The van der Waals surface area contributed by atoms with Gasteiger partial charge in [-0.2, -0.15) is 0 Å². The summed E-state index contributed by atoms with van der Waals surface area (Å²) in [6.45, 7) is 2.65. The van der Waals surface area contributed by atoms with Crippen LogP contribution in [-0.4, -0.2) is 23.5 Å². The highest BCUT2D eigenvalue weighted by Crippen LogP contribution is 2.41. The fourth-order valence-electron chi connectivity index (χ4n) is 2.65. The van der Waals surface area contributed by atoms with Crippen LogP contribution in [0.15, 0.2) is 48.8 Å². The monoisotopic (exact) mass is 296 g/mol. The molecule has 1 aromatic carbocycles. The van der Waals surface area contributed by atoms with Crippen LogP contribution in [0.1, 0.15) is 30.4 Å². The molecule has 1 aromatic heterocycles. The highest BCUT2D eigenvalue weighted by Gasteiger charge is 2.39. The van der Waals surface area contributed by atoms with Gasteiger partial charge in [-0.1, -0.05) is 18.2 Å². The third-order valence-corrected chi connectivity index (χ3v) is 3.84. The van der Waals surface area contributed by atoms with Crippen LogP contribution in [0.3, 0.4) is 0 Å². The molecule has 0 unspecified atom stereocenters. The van der Waals surface area contributed by atoms with Gasteiger partial charge >= 0.3 is 0 Å². The van der Waals surface area contributed by atoms with E-state index in [0.29, 0.717) is 18.9 Å². The van der Waals surface area contributed by atoms with Crippen LogP contribution in [0.5, 0.6) is 5.75 Å². The molecule has 0 spiro atoms. The number of hydrogen-bond acceptors (Lipinski definition) is 3. The van der Waals surface area contributed by atoms with Crippen LogP contribution in [0.2, 0.25) is 0 Å². The van der Waals surface area contributed by atoms with E-state index in [-0.39, 0.29) is 11.9 Å². The molecule has 1 aliphatic carbocycles. The number of aromatic nitrogens is 1. The third-order valence-electron chi connectivity index (χ3n) is 3.84. The van der Waals surface area contributed by atoms with Gasteiger partial charge in [0.05, 0.1) is 13.0 Å². The van der Waals surface area contributed by atoms with Crippen molar-refractivity contribution < 1.29 is 9.53 Å². The Kier molecular flexibility index (Phi) is 4.37. The molecule has 0 radical (unpaired) electrons. The Balaban J connectivity index is 1.50. The van der Waals surface area contributed by atoms with Crippen molar-refractivity contribution in [1.29, 1.82) is 0 Å². The van der Waals surface area contributed by atoms with E-state index < -0.39 is 0 Å². The lowest BCUT2D eigenvalue weighted by atomic mass is 10.1. The Bertz CT molecular complexity index is 625. The maximum atomic E-state index is 12.0. The zero-order valence-corrected chi connectivity index (χ0v) is 12.7. The Morgan fingerprint density at radius 1 is 1.32 bits per heavy atom. The summed E-state index contributed by atoms with van der Waals surface area (Å²) in [6, 6.07) is 12.2. The lowest BCUT2D eigenvalue weighted by molar-refractivity contribution is -0.120. The first-order chi connectivity index (χ1) is 10.8. The van der Waals surface area contributed by atoms with E-state index in [0.717, 1.165) is 17.7 Å². The van der Waals surface area contributed by atoms with E-state index in [1.54, 1.807) is 12.4 Å². The molecule has 1 heterocycles. The number of hydrogen-bond donors (Lipinski definition) is 1. The summed E-state index contributed by atoms with van der Waals surface area (Å²) in [5.41, 5.74) is 2.20. The van der Waals surface area contributed by atoms with Crippen LogP contribution in [0.25, 0.3) is 0 Å². The molecule has 1 saturated carbocycles. The third kappa shape index (κ3) is 3.64. The van der Waals surface area contributed by atoms with Crippen LogP contribution >= 0.6 is 0 Å². The van der Waals surface area contributed by atoms with Gasteiger partial charge in [0.2, 0.25) is 5.91 Å². The van der Waals surface area contributed by atoms with Gasteiger partial charge in [-0.05, 0) is 42.7 Å². The topological polar surface area (TPSA) is 51.2 Å². The summed E-state index contributed by atoms with van der Waals surface area (Å²) < 4.78 is 5.44. The molecule has 22 heavy (non-hydrogen) atoms. The predicted octanol–water partition coefficient (Wildman–Crippen LogP) is 2.70. The van der Waals surface area contributed by atoms with Crippen molar-refractivity contribution in [3.05, 3.63) is 59.9 Å². The molecular formula is C18H20N2O2. The second kappa shape index (κ2) is 6.60. The molecule has 114 valence electrons. The average molecular weight is 296 g/mol. The largest absolute Gasteiger partial charge is 0.494 e. The highest BCUT2D eigenvalue weighted by atomic mass is 16.5. The zero-order valence-electron chi connectivity index (χ0n) is 12.7. The number of amides is 1.